The van der Waals surface area contributed by atoms with Gasteiger partial charge in [-0.15, -0.1) is 0 Å². The van der Waals surface area contributed by atoms with Crippen LogP contribution in [0.2, 0.25) is 0 Å². The van der Waals surface area contributed by atoms with E-state index in [9.17, 15) is 15.0 Å². The Hall–Kier alpha value is -2.56. The largest absolute Gasteiger partial charge is 0.504 e. The highest BCUT2D eigenvalue weighted by Gasteiger charge is 2.15. The first-order valence-electron chi connectivity index (χ1n) is 6.70. The lowest BCUT2D eigenvalue weighted by atomic mass is 10.00. The van der Waals surface area contributed by atoms with Crippen LogP contribution in [0.5, 0.6) is 11.5 Å². The maximum Gasteiger partial charge on any atom is 0.228 e. The number of rotatable bonds is 4. The Morgan fingerprint density at radius 1 is 1.24 bits per heavy atom. The summed E-state index contributed by atoms with van der Waals surface area (Å²) >= 11 is 0. The molecular weight excluding hydrogens is 268 g/mol. The second-order valence-electron chi connectivity index (χ2n) is 5.14. The number of pyridine rings is 1. The Kier molecular flexibility index (Phi) is 4.42. The molecule has 0 aliphatic heterocycles. The van der Waals surface area contributed by atoms with Crippen LogP contribution in [0.15, 0.2) is 36.5 Å². The molecule has 0 aliphatic carbocycles. The quantitative estimate of drug-likeness (QED) is 0.754. The van der Waals surface area contributed by atoms with Gasteiger partial charge in [0.15, 0.2) is 11.5 Å². The lowest BCUT2D eigenvalue weighted by molar-refractivity contribution is -0.119. The average molecular weight is 286 g/mol. The van der Waals surface area contributed by atoms with E-state index in [1.54, 1.807) is 25.3 Å². The molecule has 1 aromatic heterocycles. The minimum Gasteiger partial charge on any atom is -0.504 e. The monoisotopic (exact) mass is 286 g/mol. The fraction of sp³-hybridized carbons (Fsp3) is 0.250. The Morgan fingerprint density at radius 2 is 2.00 bits per heavy atom. The van der Waals surface area contributed by atoms with E-state index >= 15 is 0 Å². The smallest absolute Gasteiger partial charge is 0.228 e. The third kappa shape index (κ3) is 3.95. The SMILES string of the molecule is Cc1ccnc(NC(=O)C(C)Cc2ccc(O)c(O)c2)c1. The van der Waals surface area contributed by atoms with Gasteiger partial charge in [0.1, 0.15) is 5.82 Å². The Bertz CT molecular complexity index is 656. The summed E-state index contributed by atoms with van der Waals surface area (Å²) in [4.78, 5) is 16.2. The van der Waals surface area contributed by atoms with Crippen molar-refractivity contribution in [3.63, 3.8) is 0 Å². The highest BCUT2D eigenvalue weighted by Crippen LogP contribution is 2.26. The van der Waals surface area contributed by atoms with Crippen molar-refractivity contribution in [2.75, 3.05) is 5.32 Å². The normalized spacial score (nSPS) is 11.9. The molecule has 0 radical (unpaired) electrons. The molecule has 0 saturated heterocycles. The number of aromatic nitrogens is 1. The highest BCUT2D eigenvalue weighted by molar-refractivity contribution is 5.91. The van der Waals surface area contributed by atoms with E-state index in [-0.39, 0.29) is 23.3 Å². The average Bonchev–Trinajstić information content (AvgIpc) is 2.43. The summed E-state index contributed by atoms with van der Waals surface area (Å²) in [5, 5.41) is 21.5. The van der Waals surface area contributed by atoms with Crippen LogP contribution in [0, 0.1) is 12.8 Å². The molecule has 5 nitrogen and oxygen atoms in total. The number of anilines is 1. The Morgan fingerprint density at radius 3 is 2.67 bits per heavy atom. The van der Waals surface area contributed by atoms with Crippen molar-refractivity contribution in [1.29, 1.82) is 0 Å². The van der Waals surface area contributed by atoms with Crippen LogP contribution in [0.4, 0.5) is 5.82 Å². The summed E-state index contributed by atoms with van der Waals surface area (Å²) in [6.45, 7) is 3.73. The summed E-state index contributed by atoms with van der Waals surface area (Å²) in [7, 11) is 0. The van der Waals surface area contributed by atoms with Gasteiger partial charge in [-0.3, -0.25) is 4.79 Å². The van der Waals surface area contributed by atoms with E-state index in [4.69, 9.17) is 0 Å². The van der Waals surface area contributed by atoms with E-state index in [0.717, 1.165) is 11.1 Å². The van der Waals surface area contributed by atoms with Crippen molar-refractivity contribution >= 4 is 11.7 Å². The minimum absolute atomic E-state index is 0.138. The molecule has 1 amide bonds. The highest BCUT2D eigenvalue weighted by atomic mass is 16.3. The summed E-state index contributed by atoms with van der Waals surface area (Å²) in [6.07, 6.45) is 2.11. The molecule has 21 heavy (non-hydrogen) atoms. The zero-order valence-electron chi connectivity index (χ0n) is 12.0. The lowest BCUT2D eigenvalue weighted by Crippen LogP contribution is -2.22. The van der Waals surface area contributed by atoms with Crippen LogP contribution in [-0.4, -0.2) is 21.1 Å². The first-order chi connectivity index (χ1) is 9.95. The maximum atomic E-state index is 12.1. The molecule has 3 N–H and O–H groups in total. The second-order valence-corrected chi connectivity index (χ2v) is 5.14. The van der Waals surface area contributed by atoms with Gasteiger partial charge < -0.3 is 15.5 Å². The number of hydrogen-bond donors (Lipinski definition) is 3. The molecule has 0 saturated carbocycles. The van der Waals surface area contributed by atoms with Crippen molar-refractivity contribution in [2.24, 2.45) is 5.92 Å². The maximum absolute atomic E-state index is 12.1. The van der Waals surface area contributed by atoms with E-state index < -0.39 is 0 Å². The zero-order valence-corrected chi connectivity index (χ0v) is 12.0. The van der Waals surface area contributed by atoms with Gasteiger partial charge in [-0.25, -0.2) is 4.98 Å². The standard InChI is InChI=1S/C16H18N2O3/c1-10-5-6-17-15(7-10)18-16(21)11(2)8-12-3-4-13(19)14(20)9-12/h3-7,9,11,19-20H,8H2,1-2H3,(H,17,18,21). The van der Waals surface area contributed by atoms with E-state index in [1.165, 1.54) is 12.1 Å². The molecule has 0 fully saturated rings. The zero-order chi connectivity index (χ0) is 15.4. The molecule has 2 rings (SSSR count). The number of phenols is 2. The molecule has 1 atom stereocenters. The number of benzene rings is 1. The number of nitrogens with one attached hydrogen (secondary N) is 1. The van der Waals surface area contributed by atoms with Gasteiger partial charge in [-0.2, -0.15) is 0 Å². The topological polar surface area (TPSA) is 82.5 Å². The van der Waals surface area contributed by atoms with Crippen LogP contribution in [-0.2, 0) is 11.2 Å². The molecule has 2 aromatic rings. The van der Waals surface area contributed by atoms with Gasteiger partial charge >= 0.3 is 0 Å². The number of hydrogen-bond acceptors (Lipinski definition) is 4. The van der Waals surface area contributed by atoms with Crippen LogP contribution in [0.3, 0.4) is 0 Å². The minimum atomic E-state index is -0.281. The molecular formula is C16H18N2O3. The third-order valence-corrected chi connectivity index (χ3v) is 3.20. The van der Waals surface area contributed by atoms with Crippen molar-refractivity contribution in [3.8, 4) is 11.5 Å². The summed E-state index contributed by atoms with van der Waals surface area (Å²) in [6, 6.07) is 8.22. The molecule has 0 spiro atoms. The number of carbonyl (C=O) groups excluding carboxylic acids is 1. The summed E-state index contributed by atoms with van der Waals surface area (Å²) in [5.74, 6) is -0.238. The summed E-state index contributed by atoms with van der Waals surface area (Å²) < 4.78 is 0. The van der Waals surface area contributed by atoms with E-state index in [1.807, 2.05) is 13.0 Å². The fourth-order valence-corrected chi connectivity index (χ4v) is 2.00. The van der Waals surface area contributed by atoms with Gasteiger partial charge in [0, 0.05) is 12.1 Å². The van der Waals surface area contributed by atoms with Crippen molar-refractivity contribution < 1.29 is 15.0 Å². The number of aryl methyl sites for hydroxylation is 1. The van der Waals surface area contributed by atoms with Gasteiger partial charge in [0.2, 0.25) is 5.91 Å². The van der Waals surface area contributed by atoms with Gasteiger partial charge in [0.25, 0.3) is 0 Å². The van der Waals surface area contributed by atoms with E-state index in [0.29, 0.717) is 12.2 Å². The van der Waals surface area contributed by atoms with Crippen LogP contribution in [0.1, 0.15) is 18.1 Å². The predicted molar refractivity (Wildman–Crippen MR) is 80.2 cm³/mol. The Balaban J connectivity index is 2.00. The number of amides is 1. The fourth-order valence-electron chi connectivity index (χ4n) is 2.00. The van der Waals surface area contributed by atoms with Crippen molar-refractivity contribution in [2.45, 2.75) is 20.3 Å². The number of carbonyl (C=O) groups is 1. The van der Waals surface area contributed by atoms with Crippen molar-refractivity contribution in [3.05, 3.63) is 47.7 Å². The summed E-state index contributed by atoms with van der Waals surface area (Å²) in [5.41, 5.74) is 1.81. The van der Waals surface area contributed by atoms with Crippen LogP contribution < -0.4 is 5.32 Å². The van der Waals surface area contributed by atoms with Gasteiger partial charge in [-0.1, -0.05) is 13.0 Å². The van der Waals surface area contributed by atoms with Crippen molar-refractivity contribution in [1.82, 2.24) is 4.98 Å². The van der Waals surface area contributed by atoms with E-state index in [2.05, 4.69) is 10.3 Å². The molecule has 110 valence electrons. The Labute approximate surface area is 123 Å². The number of nitrogens with zero attached hydrogens (tertiary/aromatic N) is 1. The first kappa shape index (κ1) is 14.8. The van der Waals surface area contributed by atoms with Crippen LogP contribution >= 0.6 is 0 Å². The third-order valence-electron chi connectivity index (χ3n) is 3.20. The molecule has 1 heterocycles. The molecule has 0 bridgehead atoms. The number of phenolic OH excluding ortho intramolecular Hbond substituents is 2. The number of aromatic hydroxyl groups is 2. The second kappa shape index (κ2) is 6.26. The predicted octanol–water partition coefficient (Wildman–Crippen LogP) is 2.62. The van der Waals surface area contributed by atoms with Gasteiger partial charge in [0.05, 0.1) is 0 Å². The molecule has 1 unspecified atom stereocenters. The van der Waals surface area contributed by atoms with Gasteiger partial charge in [-0.05, 0) is 48.7 Å². The molecule has 1 aromatic carbocycles. The molecule has 5 heteroatoms. The first-order valence-corrected chi connectivity index (χ1v) is 6.70. The van der Waals surface area contributed by atoms with Crippen LogP contribution in [0.25, 0.3) is 0 Å². The molecule has 0 aliphatic rings. The lowest BCUT2D eigenvalue weighted by Gasteiger charge is -2.12.